The van der Waals surface area contributed by atoms with Crippen LogP contribution < -0.4 is 5.69 Å². The van der Waals surface area contributed by atoms with Gasteiger partial charge in [0.2, 0.25) is 0 Å². The fraction of sp³-hybridized carbons (Fsp3) is 0.273. The zero-order chi connectivity index (χ0) is 19.1. The molecule has 4 aromatic rings. The summed E-state index contributed by atoms with van der Waals surface area (Å²) >= 11 is 0. The van der Waals surface area contributed by atoms with Gasteiger partial charge in [-0.2, -0.15) is 0 Å². The number of ketones is 1. The number of likely N-dealkylation sites (tertiary alicyclic amines) is 1. The van der Waals surface area contributed by atoms with Crippen molar-refractivity contribution in [3.05, 3.63) is 70.8 Å². The molecule has 0 spiro atoms. The molecule has 5 rings (SSSR count). The van der Waals surface area contributed by atoms with E-state index in [4.69, 9.17) is 0 Å². The number of rotatable bonds is 4. The lowest BCUT2D eigenvalue weighted by Gasteiger charge is -2.32. The third-order valence-corrected chi connectivity index (χ3v) is 5.80. The number of carbonyl (C=O) groups is 1. The minimum Gasteiger partial charge on any atom is -0.360 e. The molecule has 6 heteroatoms. The van der Waals surface area contributed by atoms with Gasteiger partial charge in [-0.25, -0.2) is 4.79 Å². The summed E-state index contributed by atoms with van der Waals surface area (Å²) in [6, 6.07) is 15.9. The van der Waals surface area contributed by atoms with Gasteiger partial charge in [-0.1, -0.05) is 30.3 Å². The third kappa shape index (κ3) is 2.86. The summed E-state index contributed by atoms with van der Waals surface area (Å²) in [5.41, 5.74) is 3.54. The van der Waals surface area contributed by atoms with Crippen LogP contribution in [0.2, 0.25) is 0 Å². The van der Waals surface area contributed by atoms with Gasteiger partial charge in [-0.3, -0.25) is 14.3 Å². The van der Waals surface area contributed by atoms with Crippen molar-refractivity contribution in [1.29, 1.82) is 0 Å². The smallest absolute Gasteiger partial charge is 0.326 e. The molecule has 0 unspecified atom stereocenters. The van der Waals surface area contributed by atoms with Crippen molar-refractivity contribution in [2.24, 2.45) is 0 Å². The van der Waals surface area contributed by atoms with Gasteiger partial charge in [-0.15, -0.1) is 0 Å². The zero-order valence-corrected chi connectivity index (χ0v) is 15.5. The van der Waals surface area contributed by atoms with Crippen molar-refractivity contribution in [2.75, 3.05) is 19.6 Å². The fourth-order valence-electron chi connectivity index (χ4n) is 4.36. The molecule has 1 fully saturated rings. The summed E-state index contributed by atoms with van der Waals surface area (Å²) in [5.74, 6) is 0.139. The molecule has 0 amide bonds. The summed E-state index contributed by atoms with van der Waals surface area (Å²) in [7, 11) is 0. The number of aromatic nitrogens is 3. The molecular formula is C22H22N4O2. The molecule has 142 valence electrons. The third-order valence-electron chi connectivity index (χ3n) is 5.80. The number of benzene rings is 2. The maximum absolute atomic E-state index is 12.8. The van der Waals surface area contributed by atoms with Crippen LogP contribution in [0.4, 0.5) is 0 Å². The number of hydrogen-bond donors (Lipinski definition) is 2. The Morgan fingerprint density at radius 2 is 1.71 bits per heavy atom. The Hall–Kier alpha value is -3.12. The van der Waals surface area contributed by atoms with E-state index in [0.29, 0.717) is 6.54 Å². The number of H-pyrrole nitrogens is 2. The van der Waals surface area contributed by atoms with Crippen molar-refractivity contribution in [3.63, 3.8) is 0 Å². The highest BCUT2D eigenvalue weighted by Gasteiger charge is 2.25. The molecule has 0 atom stereocenters. The molecule has 0 radical (unpaired) electrons. The van der Waals surface area contributed by atoms with Crippen molar-refractivity contribution in [2.45, 2.75) is 18.9 Å². The standard InChI is InChI=1S/C22H22N4O2/c27-21(17-13-23-18-6-2-1-5-16(17)18)14-25-11-9-15(10-12-25)26-20-8-4-3-7-19(20)24-22(26)28/h1-8,13,15,23H,9-12,14H2,(H,24,28). The van der Waals surface area contributed by atoms with E-state index in [1.54, 1.807) is 0 Å². The Kier molecular flexibility index (Phi) is 4.13. The minimum atomic E-state index is -0.0467. The van der Waals surface area contributed by atoms with Gasteiger partial charge < -0.3 is 9.97 Å². The van der Waals surface area contributed by atoms with Crippen LogP contribution in [0.15, 0.2) is 59.5 Å². The van der Waals surface area contributed by atoms with E-state index in [1.807, 2.05) is 59.3 Å². The Balaban J connectivity index is 1.29. The van der Waals surface area contributed by atoms with Gasteiger partial charge in [0.25, 0.3) is 0 Å². The van der Waals surface area contributed by atoms with E-state index in [9.17, 15) is 9.59 Å². The summed E-state index contributed by atoms with van der Waals surface area (Å²) < 4.78 is 1.88. The van der Waals surface area contributed by atoms with Crippen molar-refractivity contribution in [1.82, 2.24) is 19.4 Å². The summed E-state index contributed by atoms with van der Waals surface area (Å²) in [4.78, 5) is 33.5. The minimum absolute atomic E-state index is 0.0467. The molecule has 28 heavy (non-hydrogen) atoms. The number of Topliss-reactive ketones (excluding diaryl/α,β-unsaturated/α-hetero) is 1. The van der Waals surface area contributed by atoms with Crippen LogP contribution in [0, 0.1) is 0 Å². The Morgan fingerprint density at radius 1 is 1.00 bits per heavy atom. The predicted molar refractivity (Wildman–Crippen MR) is 110 cm³/mol. The largest absolute Gasteiger partial charge is 0.360 e. The van der Waals surface area contributed by atoms with Crippen LogP contribution in [-0.4, -0.2) is 44.9 Å². The maximum atomic E-state index is 12.8. The van der Waals surface area contributed by atoms with E-state index in [2.05, 4.69) is 14.9 Å². The molecule has 2 N–H and O–H groups in total. The first-order valence-corrected chi connectivity index (χ1v) is 9.71. The Morgan fingerprint density at radius 3 is 2.54 bits per heavy atom. The van der Waals surface area contributed by atoms with Crippen molar-refractivity contribution < 1.29 is 4.79 Å². The lowest BCUT2D eigenvalue weighted by Crippen LogP contribution is -2.39. The van der Waals surface area contributed by atoms with Crippen molar-refractivity contribution >= 4 is 27.7 Å². The van der Waals surface area contributed by atoms with Gasteiger partial charge in [0, 0.05) is 41.8 Å². The highest BCUT2D eigenvalue weighted by Crippen LogP contribution is 2.25. The van der Waals surface area contributed by atoms with E-state index >= 15 is 0 Å². The molecule has 2 aromatic carbocycles. The SMILES string of the molecule is O=C(CN1CCC(n2c(=O)[nH]c3ccccc32)CC1)c1c[nH]c2ccccc12. The van der Waals surface area contributed by atoms with Gasteiger partial charge in [0.1, 0.15) is 0 Å². The number of carbonyl (C=O) groups excluding carboxylic acids is 1. The molecule has 0 saturated carbocycles. The summed E-state index contributed by atoms with van der Waals surface area (Å²) in [6.07, 6.45) is 3.54. The second kappa shape index (κ2) is 6.80. The maximum Gasteiger partial charge on any atom is 0.326 e. The van der Waals surface area contributed by atoms with Crippen LogP contribution in [0.3, 0.4) is 0 Å². The number of imidazole rings is 1. The first kappa shape index (κ1) is 17.0. The molecule has 0 bridgehead atoms. The number of nitrogens with zero attached hydrogens (tertiary/aromatic N) is 2. The Bertz CT molecular complexity index is 1210. The van der Waals surface area contributed by atoms with Crippen molar-refractivity contribution in [3.8, 4) is 0 Å². The predicted octanol–water partition coefficient (Wildman–Crippen LogP) is 3.33. The average molecular weight is 374 g/mol. The van der Waals surface area contributed by atoms with Gasteiger partial charge in [0.15, 0.2) is 5.78 Å². The highest BCUT2D eigenvalue weighted by molar-refractivity contribution is 6.08. The molecule has 0 aliphatic carbocycles. The summed E-state index contributed by atoms with van der Waals surface area (Å²) in [6.45, 7) is 2.03. The van der Waals surface area contributed by atoms with E-state index in [1.165, 1.54) is 0 Å². The van der Waals surface area contributed by atoms with Gasteiger partial charge in [-0.05, 0) is 31.0 Å². The lowest BCUT2D eigenvalue weighted by atomic mass is 10.0. The molecule has 1 aliphatic heterocycles. The molecule has 3 heterocycles. The first-order chi connectivity index (χ1) is 13.7. The highest BCUT2D eigenvalue weighted by atomic mass is 16.1. The topological polar surface area (TPSA) is 73.9 Å². The van der Waals surface area contributed by atoms with E-state index in [0.717, 1.165) is 53.4 Å². The van der Waals surface area contributed by atoms with Crippen LogP contribution in [-0.2, 0) is 0 Å². The second-order valence-electron chi connectivity index (χ2n) is 7.50. The van der Waals surface area contributed by atoms with Gasteiger partial charge >= 0.3 is 5.69 Å². The first-order valence-electron chi connectivity index (χ1n) is 9.71. The molecule has 1 saturated heterocycles. The Labute approximate surface area is 161 Å². The van der Waals surface area contributed by atoms with Crippen LogP contribution in [0.1, 0.15) is 29.2 Å². The average Bonchev–Trinajstić information content (AvgIpc) is 3.29. The normalized spacial score (nSPS) is 16.1. The number of fused-ring (bicyclic) bond motifs is 2. The monoisotopic (exact) mass is 374 g/mol. The van der Waals surface area contributed by atoms with Crippen LogP contribution in [0.25, 0.3) is 21.9 Å². The van der Waals surface area contributed by atoms with E-state index < -0.39 is 0 Å². The molecule has 2 aromatic heterocycles. The molecular weight excluding hydrogens is 352 g/mol. The molecule has 1 aliphatic rings. The van der Waals surface area contributed by atoms with Crippen LogP contribution in [0.5, 0.6) is 0 Å². The molecule has 6 nitrogen and oxygen atoms in total. The zero-order valence-electron chi connectivity index (χ0n) is 15.5. The number of nitrogens with one attached hydrogen (secondary N) is 2. The number of para-hydroxylation sites is 3. The lowest BCUT2D eigenvalue weighted by molar-refractivity contribution is 0.0900. The second-order valence-corrected chi connectivity index (χ2v) is 7.50. The summed E-state index contributed by atoms with van der Waals surface area (Å²) in [5, 5.41) is 0.979. The van der Waals surface area contributed by atoms with E-state index in [-0.39, 0.29) is 17.5 Å². The number of hydrogen-bond acceptors (Lipinski definition) is 3. The fourth-order valence-corrected chi connectivity index (χ4v) is 4.36. The number of aromatic amines is 2. The number of piperidine rings is 1. The van der Waals surface area contributed by atoms with Crippen LogP contribution >= 0.6 is 0 Å². The quantitative estimate of drug-likeness (QED) is 0.538. The van der Waals surface area contributed by atoms with Gasteiger partial charge in [0.05, 0.1) is 17.6 Å².